The second kappa shape index (κ2) is 3.92. The van der Waals surface area contributed by atoms with Crippen molar-refractivity contribution in [3.05, 3.63) is 45.7 Å². The van der Waals surface area contributed by atoms with Gasteiger partial charge < -0.3 is 4.98 Å². The zero-order valence-corrected chi connectivity index (χ0v) is 9.62. The fourth-order valence-corrected chi connectivity index (χ4v) is 2.07. The summed E-state index contributed by atoms with van der Waals surface area (Å²) < 4.78 is 13.7. The Bertz CT molecular complexity index is 782. The van der Waals surface area contributed by atoms with E-state index in [0.717, 1.165) is 12.3 Å². The number of H-pyrrole nitrogens is 2. The summed E-state index contributed by atoms with van der Waals surface area (Å²) in [4.78, 5) is 17.9. The Kier molecular flexibility index (Phi) is 2.38. The number of fused-ring (bicyclic) bond motifs is 1. The largest absolute Gasteiger partial charge is 0.320 e. The molecule has 5 nitrogen and oxygen atoms in total. The van der Waals surface area contributed by atoms with E-state index in [4.69, 9.17) is 11.6 Å². The van der Waals surface area contributed by atoms with Crippen LogP contribution >= 0.6 is 11.6 Å². The molecule has 2 N–H and O–H groups in total. The molecule has 0 aliphatic carbocycles. The predicted molar refractivity (Wildman–Crippen MR) is 64.9 cm³/mol. The van der Waals surface area contributed by atoms with Crippen LogP contribution < -0.4 is 5.56 Å². The molecule has 0 atom stereocenters. The highest BCUT2D eigenvalue weighted by Gasteiger charge is 2.14. The summed E-state index contributed by atoms with van der Waals surface area (Å²) in [6, 6.07) is 2.79. The zero-order valence-electron chi connectivity index (χ0n) is 8.87. The topological polar surface area (TPSA) is 74.4 Å². The lowest BCUT2D eigenvalue weighted by molar-refractivity contribution is 0.634. The maximum atomic E-state index is 13.7. The van der Waals surface area contributed by atoms with Crippen molar-refractivity contribution >= 4 is 22.5 Å². The van der Waals surface area contributed by atoms with Gasteiger partial charge in [0.15, 0.2) is 5.82 Å². The Morgan fingerprint density at radius 2 is 2.22 bits per heavy atom. The van der Waals surface area contributed by atoms with E-state index < -0.39 is 11.4 Å². The maximum absolute atomic E-state index is 13.7. The van der Waals surface area contributed by atoms with Gasteiger partial charge in [0.05, 0.1) is 27.8 Å². The smallest absolute Gasteiger partial charge is 0.249 e. The summed E-state index contributed by atoms with van der Waals surface area (Å²) in [6.07, 6.45) is 2.59. The summed E-state index contributed by atoms with van der Waals surface area (Å²) in [5, 5.41) is 6.68. The van der Waals surface area contributed by atoms with Gasteiger partial charge in [-0.15, -0.1) is 0 Å². The number of nitrogens with zero attached hydrogens (tertiary/aromatic N) is 2. The molecule has 0 fully saturated rings. The SMILES string of the molecule is O=c1cc(Cl)c2c(F)cnc(-c3ccn[nH]3)c2[nH]1. The molecule has 0 radical (unpaired) electrons. The Hall–Kier alpha value is -2.21. The van der Waals surface area contributed by atoms with Crippen molar-refractivity contribution in [2.45, 2.75) is 0 Å². The van der Waals surface area contributed by atoms with Gasteiger partial charge in [-0.05, 0) is 6.07 Å². The van der Waals surface area contributed by atoms with Crippen LogP contribution in [-0.4, -0.2) is 20.2 Å². The van der Waals surface area contributed by atoms with E-state index in [-0.39, 0.29) is 15.9 Å². The van der Waals surface area contributed by atoms with Crippen LogP contribution in [0.4, 0.5) is 4.39 Å². The minimum Gasteiger partial charge on any atom is -0.320 e. The summed E-state index contributed by atoms with van der Waals surface area (Å²) in [5.41, 5.74) is 0.791. The first-order valence-corrected chi connectivity index (χ1v) is 5.41. The van der Waals surface area contributed by atoms with Crippen LogP contribution in [0.25, 0.3) is 22.3 Å². The van der Waals surface area contributed by atoms with Gasteiger partial charge in [0.2, 0.25) is 5.56 Å². The molecule has 3 heterocycles. The van der Waals surface area contributed by atoms with Crippen LogP contribution in [0.15, 0.2) is 29.3 Å². The number of halogens is 2. The number of aromatic nitrogens is 4. The molecule has 18 heavy (non-hydrogen) atoms. The van der Waals surface area contributed by atoms with Crippen LogP contribution in [0.1, 0.15) is 0 Å². The number of hydrogen-bond donors (Lipinski definition) is 2. The van der Waals surface area contributed by atoms with Gasteiger partial charge in [-0.25, -0.2) is 9.37 Å². The molecule has 0 spiro atoms. The van der Waals surface area contributed by atoms with Crippen LogP contribution in [0.3, 0.4) is 0 Å². The summed E-state index contributed by atoms with van der Waals surface area (Å²) >= 11 is 5.89. The third-order valence-corrected chi connectivity index (χ3v) is 2.83. The van der Waals surface area contributed by atoms with Crippen LogP contribution in [0.5, 0.6) is 0 Å². The average Bonchev–Trinajstić information content (AvgIpc) is 2.81. The molecule has 0 aliphatic rings. The molecule has 0 bridgehead atoms. The van der Waals surface area contributed by atoms with Gasteiger partial charge in [-0.1, -0.05) is 11.6 Å². The number of pyridine rings is 2. The first kappa shape index (κ1) is 10.9. The molecule has 0 unspecified atom stereocenters. The van der Waals surface area contributed by atoms with Crippen molar-refractivity contribution < 1.29 is 4.39 Å². The van der Waals surface area contributed by atoms with E-state index in [2.05, 4.69) is 20.2 Å². The first-order valence-electron chi connectivity index (χ1n) is 5.03. The minimum absolute atomic E-state index is 0.0504. The number of nitrogens with one attached hydrogen (secondary N) is 2. The average molecular weight is 265 g/mol. The number of rotatable bonds is 1. The van der Waals surface area contributed by atoms with Gasteiger partial charge >= 0.3 is 0 Å². The van der Waals surface area contributed by atoms with Gasteiger partial charge in [-0.3, -0.25) is 9.89 Å². The lowest BCUT2D eigenvalue weighted by Crippen LogP contribution is -2.06. The maximum Gasteiger partial charge on any atom is 0.249 e. The lowest BCUT2D eigenvalue weighted by Gasteiger charge is -2.05. The van der Waals surface area contributed by atoms with Crippen molar-refractivity contribution in [3.8, 4) is 11.4 Å². The van der Waals surface area contributed by atoms with Crippen molar-refractivity contribution in [2.24, 2.45) is 0 Å². The van der Waals surface area contributed by atoms with Crippen molar-refractivity contribution in [1.82, 2.24) is 20.2 Å². The van der Waals surface area contributed by atoms with Gasteiger partial charge in [0, 0.05) is 12.3 Å². The summed E-state index contributed by atoms with van der Waals surface area (Å²) in [7, 11) is 0. The fourth-order valence-electron chi connectivity index (χ4n) is 1.78. The number of hydrogen-bond acceptors (Lipinski definition) is 3. The van der Waals surface area contributed by atoms with E-state index in [0.29, 0.717) is 11.4 Å². The standard InChI is InChI=1S/C11H6ClFN4O/c12-5-3-8(18)16-11-9(5)6(13)4-14-10(11)7-1-2-15-17-7/h1-4H,(H,15,17)(H,16,18). The molecular formula is C11H6ClFN4O. The van der Waals surface area contributed by atoms with E-state index in [9.17, 15) is 9.18 Å². The molecule has 0 saturated heterocycles. The number of aromatic amines is 2. The highest BCUT2D eigenvalue weighted by atomic mass is 35.5. The van der Waals surface area contributed by atoms with Crippen molar-refractivity contribution in [1.29, 1.82) is 0 Å². The van der Waals surface area contributed by atoms with E-state index in [1.165, 1.54) is 6.20 Å². The molecular weight excluding hydrogens is 259 g/mol. The molecule has 0 aromatic carbocycles. The highest BCUT2D eigenvalue weighted by molar-refractivity contribution is 6.35. The second-order valence-corrected chi connectivity index (χ2v) is 4.06. The normalized spacial score (nSPS) is 11.0. The van der Waals surface area contributed by atoms with E-state index in [1.54, 1.807) is 6.07 Å². The zero-order chi connectivity index (χ0) is 12.7. The van der Waals surface area contributed by atoms with Crippen molar-refractivity contribution in [2.75, 3.05) is 0 Å². The van der Waals surface area contributed by atoms with Crippen molar-refractivity contribution in [3.63, 3.8) is 0 Å². The van der Waals surface area contributed by atoms with Crippen LogP contribution in [-0.2, 0) is 0 Å². The molecule has 3 aromatic heterocycles. The van der Waals surface area contributed by atoms with Gasteiger partial charge in [-0.2, -0.15) is 5.10 Å². The third-order valence-electron chi connectivity index (χ3n) is 2.53. The molecule has 0 amide bonds. The Balaban J connectivity index is 2.48. The van der Waals surface area contributed by atoms with E-state index in [1.807, 2.05) is 0 Å². The molecule has 3 aromatic rings. The van der Waals surface area contributed by atoms with Gasteiger partial charge in [0.25, 0.3) is 0 Å². The lowest BCUT2D eigenvalue weighted by atomic mass is 10.1. The predicted octanol–water partition coefficient (Wildman–Crippen LogP) is 2.11. The summed E-state index contributed by atoms with van der Waals surface area (Å²) in [5.74, 6) is -0.588. The highest BCUT2D eigenvalue weighted by Crippen LogP contribution is 2.28. The quantitative estimate of drug-likeness (QED) is 0.707. The first-order chi connectivity index (χ1) is 8.66. The molecule has 7 heteroatoms. The molecule has 3 rings (SSSR count). The molecule has 0 saturated carbocycles. The van der Waals surface area contributed by atoms with Crippen LogP contribution in [0, 0.1) is 5.82 Å². The molecule has 0 aliphatic heterocycles. The monoisotopic (exact) mass is 264 g/mol. The van der Waals surface area contributed by atoms with E-state index >= 15 is 0 Å². The summed E-state index contributed by atoms with van der Waals surface area (Å²) in [6.45, 7) is 0. The third kappa shape index (κ3) is 1.58. The van der Waals surface area contributed by atoms with Gasteiger partial charge in [0.1, 0.15) is 5.69 Å². The minimum atomic E-state index is -0.588. The van der Waals surface area contributed by atoms with Crippen LogP contribution in [0.2, 0.25) is 5.02 Å². The molecule has 90 valence electrons. The Morgan fingerprint density at radius 1 is 1.39 bits per heavy atom. The fraction of sp³-hybridized carbons (Fsp3) is 0. The second-order valence-electron chi connectivity index (χ2n) is 3.66. The Labute approximate surface area is 105 Å². The Morgan fingerprint density at radius 3 is 2.94 bits per heavy atom.